The number of hydrogen-bond acceptors (Lipinski definition) is 2. The summed E-state index contributed by atoms with van der Waals surface area (Å²) in [5.41, 5.74) is 6.09. The summed E-state index contributed by atoms with van der Waals surface area (Å²) in [4.78, 5) is 11.8. The van der Waals surface area contributed by atoms with Crippen LogP contribution in [0, 0.1) is 9.49 Å². The van der Waals surface area contributed by atoms with Gasteiger partial charge in [0.2, 0.25) is 0 Å². The quantitative estimate of drug-likeness (QED) is 0.817. The molecule has 0 saturated heterocycles. The smallest absolute Gasteiger partial charge is 0.252 e. The third-order valence-electron chi connectivity index (χ3n) is 2.19. The summed E-state index contributed by atoms with van der Waals surface area (Å²) in [5.74, 6) is 0.174. The van der Waals surface area contributed by atoms with Crippen molar-refractivity contribution in [2.45, 2.75) is 6.92 Å². The molecule has 1 amide bonds. The van der Waals surface area contributed by atoms with Gasteiger partial charge in [0.25, 0.3) is 5.91 Å². The second-order valence-corrected chi connectivity index (χ2v) is 5.27. The molecule has 0 spiro atoms. The van der Waals surface area contributed by atoms with E-state index in [-0.39, 0.29) is 11.8 Å². The van der Waals surface area contributed by atoms with E-state index in [0.29, 0.717) is 23.7 Å². The van der Waals surface area contributed by atoms with Gasteiger partial charge in [-0.15, -0.1) is 0 Å². The predicted molar refractivity (Wildman–Crippen MR) is 74.7 cm³/mol. The lowest BCUT2D eigenvalue weighted by Crippen LogP contribution is -2.31. The van der Waals surface area contributed by atoms with Crippen molar-refractivity contribution in [1.29, 1.82) is 0 Å². The van der Waals surface area contributed by atoms with Crippen LogP contribution in [0.5, 0.6) is 0 Å². The molecule has 1 aromatic carbocycles. The Balaban J connectivity index is 2.69. The van der Waals surface area contributed by atoms with Crippen molar-refractivity contribution in [3.05, 3.63) is 32.4 Å². The van der Waals surface area contributed by atoms with E-state index in [1.807, 2.05) is 13.0 Å². The number of rotatable bonds is 4. The average Bonchev–Trinajstić information content (AvgIpc) is 2.28. The van der Waals surface area contributed by atoms with Gasteiger partial charge in [-0.25, -0.2) is 0 Å². The molecule has 3 nitrogen and oxygen atoms in total. The van der Waals surface area contributed by atoms with E-state index in [4.69, 9.17) is 17.3 Å². The first-order valence-corrected chi connectivity index (χ1v) is 6.43. The fourth-order valence-corrected chi connectivity index (χ4v) is 1.87. The monoisotopic (exact) mass is 352 g/mol. The summed E-state index contributed by atoms with van der Waals surface area (Å²) < 4.78 is 0.889. The van der Waals surface area contributed by atoms with E-state index in [0.717, 1.165) is 3.57 Å². The first kappa shape index (κ1) is 13.7. The van der Waals surface area contributed by atoms with Crippen molar-refractivity contribution in [3.8, 4) is 0 Å². The van der Waals surface area contributed by atoms with Crippen LogP contribution in [0.3, 0.4) is 0 Å². The predicted octanol–water partition coefficient (Wildman–Crippen LogP) is 2.27. The van der Waals surface area contributed by atoms with Gasteiger partial charge in [0, 0.05) is 15.1 Å². The number of carbonyl (C=O) groups is 1. The summed E-state index contributed by atoms with van der Waals surface area (Å²) in [6, 6.07) is 5.26. The van der Waals surface area contributed by atoms with E-state index in [1.165, 1.54) is 0 Å². The van der Waals surface area contributed by atoms with E-state index < -0.39 is 0 Å². The van der Waals surface area contributed by atoms with E-state index >= 15 is 0 Å². The van der Waals surface area contributed by atoms with Crippen LogP contribution in [0.2, 0.25) is 5.02 Å². The van der Waals surface area contributed by atoms with Gasteiger partial charge in [0.05, 0.1) is 5.56 Å². The molecule has 1 aromatic rings. The highest BCUT2D eigenvalue weighted by atomic mass is 127. The molecule has 0 radical (unpaired) electrons. The molecule has 0 bridgehead atoms. The molecule has 3 N–H and O–H groups in total. The van der Waals surface area contributed by atoms with Crippen LogP contribution in [0.1, 0.15) is 17.3 Å². The molecule has 5 heteroatoms. The van der Waals surface area contributed by atoms with Crippen LogP contribution < -0.4 is 11.1 Å². The number of hydrogen-bond donors (Lipinski definition) is 2. The van der Waals surface area contributed by atoms with Crippen molar-refractivity contribution >= 4 is 40.1 Å². The first-order valence-electron chi connectivity index (χ1n) is 4.98. The van der Waals surface area contributed by atoms with E-state index in [2.05, 4.69) is 27.9 Å². The topological polar surface area (TPSA) is 55.1 Å². The van der Waals surface area contributed by atoms with Gasteiger partial charge < -0.3 is 11.1 Å². The maximum Gasteiger partial charge on any atom is 0.252 e. The van der Waals surface area contributed by atoms with Gasteiger partial charge in [-0.05, 0) is 53.3 Å². The molecular weight excluding hydrogens is 338 g/mol. The van der Waals surface area contributed by atoms with Crippen LogP contribution in [0.25, 0.3) is 0 Å². The number of nitrogens with two attached hydrogens (primary N) is 1. The summed E-state index contributed by atoms with van der Waals surface area (Å²) in [5, 5.41) is 3.40. The van der Waals surface area contributed by atoms with Crippen molar-refractivity contribution in [2.24, 2.45) is 11.7 Å². The fraction of sp³-hybridized carbons (Fsp3) is 0.364. The Morgan fingerprint density at radius 1 is 1.62 bits per heavy atom. The minimum absolute atomic E-state index is 0.104. The summed E-state index contributed by atoms with van der Waals surface area (Å²) >= 11 is 7.96. The number of benzene rings is 1. The lowest BCUT2D eigenvalue weighted by Gasteiger charge is -2.11. The maximum atomic E-state index is 11.8. The van der Waals surface area contributed by atoms with Gasteiger partial charge in [-0.2, -0.15) is 0 Å². The van der Waals surface area contributed by atoms with Crippen molar-refractivity contribution in [1.82, 2.24) is 5.32 Å². The van der Waals surface area contributed by atoms with E-state index in [1.54, 1.807) is 12.1 Å². The standard InChI is InChI=1S/C11H14ClIN2O/c1-7(5-14)6-15-11(16)9-4-8(12)2-3-10(9)13/h2-4,7H,5-6,14H2,1H3,(H,15,16). The van der Waals surface area contributed by atoms with Crippen molar-refractivity contribution in [3.63, 3.8) is 0 Å². The summed E-state index contributed by atoms with van der Waals surface area (Å²) in [6.07, 6.45) is 0. The Labute approximate surface area is 114 Å². The van der Waals surface area contributed by atoms with Crippen LogP contribution in [0.15, 0.2) is 18.2 Å². The molecule has 1 unspecified atom stereocenters. The number of nitrogens with one attached hydrogen (secondary N) is 1. The highest BCUT2D eigenvalue weighted by Gasteiger charge is 2.11. The highest BCUT2D eigenvalue weighted by molar-refractivity contribution is 14.1. The second-order valence-electron chi connectivity index (χ2n) is 3.68. The molecule has 0 saturated carbocycles. The molecule has 1 rings (SSSR count). The third kappa shape index (κ3) is 3.92. The number of halogens is 2. The van der Waals surface area contributed by atoms with Crippen molar-refractivity contribution in [2.75, 3.05) is 13.1 Å². The van der Waals surface area contributed by atoms with E-state index in [9.17, 15) is 4.79 Å². The van der Waals surface area contributed by atoms with Gasteiger partial charge in [0.1, 0.15) is 0 Å². The molecule has 16 heavy (non-hydrogen) atoms. The zero-order valence-electron chi connectivity index (χ0n) is 8.97. The molecule has 1 atom stereocenters. The first-order chi connectivity index (χ1) is 7.54. The minimum atomic E-state index is -0.104. The van der Waals surface area contributed by atoms with Crippen LogP contribution in [-0.2, 0) is 0 Å². The van der Waals surface area contributed by atoms with Crippen LogP contribution in [-0.4, -0.2) is 19.0 Å². The lowest BCUT2D eigenvalue weighted by molar-refractivity contribution is 0.0947. The zero-order chi connectivity index (χ0) is 12.1. The largest absolute Gasteiger partial charge is 0.352 e. The average molecular weight is 353 g/mol. The maximum absolute atomic E-state index is 11.8. The number of amides is 1. The Kier molecular flexibility index (Phi) is 5.51. The highest BCUT2D eigenvalue weighted by Crippen LogP contribution is 2.17. The Morgan fingerprint density at radius 2 is 2.31 bits per heavy atom. The van der Waals surface area contributed by atoms with Crippen molar-refractivity contribution < 1.29 is 4.79 Å². The summed E-state index contributed by atoms with van der Waals surface area (Å²) in [7, 11) is 0. The molecule has 0 aliphatic rings. The Hall–Kier alpha value is -0.330. The second kappa shape index (κ2) is 6.42. The molecular formula is C11H14ClIN2O. The van der Waals surface area contributed by atoms with Crippen LogP contribution in [0.4, 0.5) is 0 Å². The normalized spacial score (nSPS) is 12.2. The van der Waals surface area contributed by atoms with Gasteiger partial charge in [-0.3, -0.25) is 4.79 Å². The fourth-order valence-electron chi connectivity index (χ4n) is 1.12. The van der Waals surface area contributed by atoms with Gasteiger partial charge in [0.15, 0.2) is 0 Å². The van der Waals surface area contributed by atoms with Gasteiger partial charge in [-0.1, -0.05) is 18.5 Å². The lowest BCUT2D eigenvalue weighted by atomic mass is 10.1. The summed E-state index contributed by atoms with van der Waals surface area (Å²) in [6.45, 7) is 3.13. The SMILES string of the molecule is CC(CN)CNC(=O)c1cc(Cl)ccc1I. The molecule has 0 heterocycles. The molecule has 0 aliphatic carbocycles. The van der Waals surface area contributed by atoms with Crippen LogP contribution >= 0.6 is 34.2 Å². The van der Waals surface area contributed by atoms with Gasteiger partial charge >= 0.3 is 0 Å². The Morgan fingerprint density at radius 3 is 2.94 bits per heavy atom. The molecule has 88 valence electrons. The zero-order valence-corrected chi connectivity index (χ0v) is 11.9. The molecule has 0 aromatic heterocycles. The molecule has 0 fully saturated rings. The molecule has 0 aliphatic heterocycles. The minimum Gasteiger partial charge on any atom is -0.352 e. The third-order valence-corrected chi connectivity index (χ3v) is 3.36. The Bertz CT molecular complexity index is 384. The number of carbonyl (C=O) groups excluding carboxylic acids is 1.